The molecule has 0 atom stereocenters. The zero-order valence-corrected chi connectivity index (χ0v) is 24.5. The third kappa shape index (κ3) is 5.93. The second kappa shape index (κ2) is 11.3. The summed E-state index contributed by atoms with van der Waals surface area (Å²) in [5.41, 5.74) is 0.952. The number of hydrogen-bond donors (Lipinski definition) is 1. The van der Waals surface area contributed by atoms with E-state index in [4.69, 9.17) is 4.74 Å². The number of sulfonamides is 1. The molecule has 13 heteroatoms. The molecule has 2 fully saturated rings. The summed E-state index contributed by atoms with van der Waals surface area (Å²) in [7, 11) is -4.97. The van der Waals surface area contributed by atoms with Crippen LogP contribution in [0.5, 0.6) is 0 Å². The summed E-state index contributed by atoms with van der Waals surface area (Å²) in [6.45, 7) is 5.03. The van der Waals surface area contributed by atoms with Crippen LogP contribution in [-0.4, -0.2) is 42.1 Å². The zero-order chi connectivity index (χ0) is 29.5. The van der Waals surface area contributed by atoms with Gasteiger partial charge in [0.2, 0.25) is 0 Å². The number of ether oxygens (including phenoxy) is 1. The first-order valence-corrected chi connectivity index (χ1v) is 15.7. The van der Waals surface area contributed by atoms with Crippen molar-refractivity contribution in [2.75, 3.05) is 9.62 Å². The SMILES string of the molecule is CC(C)(C)OC(=O)N(c1cscn1)S(=O)(=O)c1ccc(NCc2c(F)cccc2CN2C3CCC2CC3)c(F)c1F. The van der Waals surface area contributed by atoms with Gasteiger partial charge in [-0.3, -0.25) is 4.90 Å². The van der Waals surface area contributed by atoms with E-state index in [1.165, 1.54) is 37.7 Å². The van der Waals surface area contributed by atoms with Gasteiger partial charge in [0.25, 0.3) is 10.0 Å². The lowest BCUT2D eigenvalue weighted by atomic mass is 10.0. The van der Waals surface area contributed by atoms with Crippen LogP contribution in [0.1, 0.15) is 57.6 Å². The molecule has 220 valence electrons. The van der Waals surface area contributed by atoms with Crippen molar-refractivity contribution in [2.24, 2.45) is 0 Å². The molecule has 0 unspecified atom stereocenters. The van der Waals surface area contributed by atoms with Crippen LogP contribution in [-0.2, 0) is 27.8 Å². The maximum absolute atomic E-state index is 15.3. The fourth-order valence-corrected chi connectivity index (χ4v) is 7.41. The van der Waals surface area contributed by atoms with Crippen LogP contribution in [0.25, 0.3) is 0 Å². The Kier molecular flexibility index (Phi) is 8.05. The number of benzene rings is 2. The number of fused-ring (bicyclic) bond motifs is 2. The molecular weight excluding hydrogens is 577 g/mol. The van der Waals surface area contributed by atoms with Crippen molar-refractivity contribution in [1.82, 2.24) is 9.88 Å². The topological polar surface area (TPSA) is 91.8 Å². The Hall–Kier alpha value is -3.16. The molecule has 2 aliphatic heterocycles. The molecule has 0 radical (unpaired) electrons. The quantitative estimate of drug-likeness (QED) is 0.315. The number of anilines is 2. The fraction of sp³-hybridized carbons (Fsp3) is 0.429. The molecule has 3 heterocycles. The number of rotatable bonds is 8. The number of carbonyl (C=O) groups is 1. The first-order chi connectivity index (χ1) is 19.4. The average Bonchev–Trinajstić information content (AvgIpc) is 3.63. The van der Waals surface area contributed by atoms with E-state index in [1.54, 1.807) is 6.07 Å². The van der Waals surface area contributed by atoms with E-state index in [0.29, 0.717) is 24.2 Å². The number of halogens is 3. The molecule has 1 amide bonds. The van der Waals surface area contributed by atoms with Crippen molar-refractivity contribution < 1.29 is 31.1 Å². The normalized spacial score (nSPS) is 19.0. The van der Waals surface area contributed by atoms with Gasteiger partial charge in [0, 0.05) is 36.1 Å². The van der Waals surface area contributed by atoms with Crippen molar-refractivity contribution in [1.29, 1.82) is 0 Å². The zero-order valence-electron chi connectivity index (χ0n) is 22.9. The van der Waals surface area contributed by atoms with Gasteiger partial charge in [0.1, 0.15) is 16.3 Å². The van der Waals surface area contributed by atoms with Crippen LogP contribution in [0.15, 0.2) is 46.1 Å². The molecule has 2 saturated heterocycles. The van der Waals surface area contributed by atoms with Crippen molar-refractivity contribution in [3.63, 3.8) is 0 Å². The Labute approximate surface area is 241 Å². The predicted molar refractivity (Wildman–Crippen MR) is 150 cm³/mol. The Balaban J connectivity index is 1.40. The summed E-state index contributed by atoms with van der Waals surface area (Å²) in [5, 5.41) is 3.99. The van der Waals surface area contributed by atoms with Gasteiger partial charge < -0.3 is 10.1 Å². The van der Waals surface area contributed by atoms with Crippen LogP contribution < -0.4 is 9.62 Å². The van der Waals surface area contributed by atoms with Crippen molar-refractivity contribution in [3.05, 3.63) is 69.8 Å². The monoisotopic (exact) mass is 608 g/mol. The first-order valence-electron chi connectivity index (χ1n) is 13.3. The molecule has 41 heavy (non-hydrogen) atoms. The third-order valence-electron chi connectivity index (χ3n) is 7.38. The Morgan fingerprint density at radius 2 is 1.78 bits per heavy atom. The Morgan fingerprint density at radius 3 is 2.39 bits per heavy atom. The van der Waals surface area contributed by atoms with Gasteiger partial charge in [0.15, 0.2) is 17.5 Å². The summed E-state index contributed by atoms with van der Waals surface area (Å²) < 4.78 is 77.8. The summed E-state index contributed by atoms with van der Waals surface area (Å²) in [6.07, 6.45) is 3.19. The van der Waals surface area contributed by atoms with Crippen LogP contribution in [0, 0.1) is 17.5 Å². The van der Waals surface area contributed by atoms with Gasteiger partial charge in [-0.15, -0.1) is 15.6 Å². The molecule has 2 bridgehead atoms. The highest BCUT2D eigenvalue weighted by molar-refractivity contribution is 7.93. The van der Waals surface area contributed by atoms with E-state index in [9.17, 15) is 17.6 Å². The minimum Gasteiger partial charge on any atom is -0.443 e. The van der Waals surface area contributed by atoms with Gasteiger partial charge in [-0.25, -0.2) is 31.4 Å². The average molecular weight is 609 g/mol. The van der Waals surface area contributed by atoms with Gasteiger partial charge in [-0.2, -0.15) is 0 Å². The van der Waals surface area contributed by atoms with E-state index in [0.717, 1.165) is 54.7 Å². The highest BCUT2D eigenvalue weighted by Gasteiger charge is 2.40. The van der Waals surface area contributed by atoms with Gasteiger partial charge >= 0.3 is 6.09 Å². The summed E-state index contributed by atoms with van der Waals surface area (Å²) in [5.74, 6) is -3.96. The van der Waals surface area contributed by atoms with Crippen LogP contribution >= 0.6 is 11.3 Å². The third-order valence-corrected chi connectivity index (χ3v) is 9.64. The number of hydrogen-bond acceptors (Lipinski definition) is 8. The number of amides is 1. The molecule has 0 saturated carbocycles. The largest absolute Gasteiger partial charge is 0.443 e. The minimum absolute atomic E-state index is 0.142. The summed E-state index contributed by atoms with van der Waals surface area (Å²) in [4.78, 5) is 18.0. The molecule has 1 N–H and O–H groups in total. The lowest BCUT2D eigenvalue weighted by Gasteiger charge is -2.26. The number of nitrogens with one attached hydrogen (secondary N) is 1. The van der Waals surface area contributed by atoms with Crippen molar-refractivity contribution >= 4 is 39.0 Å². The molecule has 2 aromatic carbocycles. The van der Waals surface area contributed by atoms with Crippen molar-refractivity contribution in [3.8, 4) is 0 Å². The smallest absolute Gasteiger partial charge is 0.430 e. The molecule has 0 aliphatic carbocycles. The number of nitrogens with zero attached hydrogens (tertiary/aromatic N) is 3. The molecule has 2 aliphatic rings. The molecule has 5 rings (SSSR count). The highest BCUT2D eigenvalue weighted by Crippen LogP contribution is 2.39. The summed E-state index contributed by atoms with van der Waals surface area (Å²) in [6, 6.07) is 7.63. The second-order valence-corrected chi connectivity index (χ2v) is 13.7. The van der Waals surface area contributed by atoms with Gasteiger partial charge in [-0.05, 0) is 70.2 Å². The van der Waals surface area contributed by atoms with Gasteiger partial charge in [-0.1, -0.05) is 12.1 Å². The van der Waals surface area contributed by atoms with E-state index < -0.39 is 44.1 Å². The lowest BCUT2D eigenvalue weighted by molar-refractivity contribution is 0.0608. The Bertz CT molecular complexity index is 1520. The highest BCUT2D eigenvalue weighted by atomic mass is 32.2. The molecule has 8 nitrogen and oxygen atoms in total. The van der Waals surface area contributed by atoms with E-state index in [2.05, 4.69) is 15.2 Å². The molecule has 0 spiro atoms. The van der Waals surface area contributed by atoms with E-state index in [1.807, 2.05) is 6.07 Å². The van der Waals surface area contributed by atoms with Crippen LogP contribution in [0.4, 0.5) is 29.5 Å². The Morgan fingerprint density at radius 1 is 1.10 bits per heavy atom. The summed E-state index contributed by atoms with van der Waals surface area (Å²) >= 11 is 1.01. The van der Waals surface area contributed by atoms with Crippen LogP contribution in [0.2, 0.25) is 0 Å². The maximum atomic E-state index is 15.3. The van der Waals surface area contributed by atoms with E-state index >= 15 is 8.78 Å². The first kappa shape index (κ1) is 29.3. The molecular formula is C28H31F3N4O4S2. The molecule has 3 aromatic rings. The number of thiazole rings is 1. The van der Waals surface area contributed by atoms with Gasteiger partial charge in [0.05, 0.1) is 11.2 Å². The van der Waals surface area contributed by atoms with Crippen molar-refractivity contribution in [2.45, 2.75) is 82.1 Å². The molecule has 1 aromatic heterocycles. The standard InChI is InChI=1S/C28H31F3N4O4S2/c1-28(2,3)39-27(36)35(24-15-40-16-33-24)41(37,38)23-12-11-22(25(30)26(23)31)32-13-20-17(5-4-6-21(20)29)14-34-18-7-8-19(34)10-9-18/h4-6,11-12,15-16,18-19,32H,7-10,13-14H2,1-3H3. The lowest BCUT2D eigenvalue weighted by Crippen LogP contribution is -2.41. The number of carbonyl (C=O) groups excluding carboxylic acids is 1. The fourth-order valence-electron chi connectivity index (χ4n) is 5.50. The van der Waals surface area contributed by atoms with E-state index in [-0.39, 0.29) is 22.4 Å². The second-order valence-electron chi connectivity index (χ2n) is 11.2. The maximum Gasteiger partial charge on any atom is 0.430 e. The minimum atomic E-state index is -4.97. The predicted octanol–water partition coefficient (Wildman–Crippen LogP) is 6.43. The number of aromatic nitrogens is 1. The van der Waals surface area contributed by atoms with Crippen LogP contribution in [0.3, 0.4) is 0 Å².